The van der Waals surface area contributed by atoms with Gasteiger partial charge in [-0.25, -0.2) is 0 Å². The summed E-state index contributed by atoms with van der Waals surface area (Å²) >= 11 is 1.78. The topological polar surface area (TPSA) is 41.1 Å². The highest BCUT2D eigenvalue weighted by atomic mass is 32.2. The van der Waals surface area contributed by atoms with Crippen LogP contribution in [0.3, 0.4) is 0 Å². The van der Waals surface area contributed by atoms with Gasteiger partial charge in [0.05, 0.1) is 5.41 Å². The van der Waals surface area contributed by atoms with Gasteiger partial charge < -0.3 is 10.6 Å². The van der Waals surface area contributed by atoms with E-state index in [1.165, 1.54) is 0 Å². The van der Waals surface area contributed by atoms with Crippen molar-refractivity contribution in [3.63, 3.8) is 0 Å². The Morgan fingerprint density at radius 3 is 2.62 bits per heavy atom. The van der Waals surface area contributed by atoms with Crippen molar-refractivity contribution in [2.75, 3.05) is 25.1 Å². The summed E-state index contributed by atoms with van der Waals surface area (Å²) in [5.41, 5.74) is -0.113. The summed E-state index contributed by atoms with van der Waals surface area (Å²) < 4.78 is 0. The number of rotatable bonds is 5. The molecule has 0 aromatic heterocycles. The zero-order valence-corrected chi connectivity index (χ0v) is 11.5. The number of hydrogen-bond acceptors (Lipinski definition) is 3. The molecule has 1 heterocycles. The predicted octanol–water partition coefficient (Wildman–Crippen LogP) is 1.63. The third-order valence-electron chi connectivity index (χ3n) is 3.51. The number of carbonyl (C=O) groups excluding carboxylic acids is 1. The first-order chi connectivity index (χ1) is 7.64. The Bertz CT molecular complexity index is 227. The Kier molecular flexibility index (Phi) is 5.62. The maximum absolute atomic E-state index is 12.3. The van der Waals surface area contributed by atoms with Crippen LogP contribution in [0.15, 0.2) is 0 Å². The molecule has 1 saturated heterocycles. The Labute approximate surface area is 103 Å². The molecule has 0 aliphatic carbocycles. The van der Waals surface area contributed by atoms with Gasteiger partial charge in [-0.15, -0.1) is 0 Å². The van der Waals surface area contributed by atoms with Crippen molar-refractivity contribution in [3.8, 4) is 0 Å². The fraction of sp³-hybridized carbons (Fsp3) is 0.917. The first-order valence-corrected chi connectivity index (χ1v) is 7.54. The molecule has 1 rings (SSSR count). The quantitative estimate of drug-likeness (QED) is 0.772. The molecule has 1 amide bonds. The molecule has 0 aromatic rings. The van der Waals surface area contributed by atoms with Crippen LogP contribution >= 0.6 is 11.8 Å². The monoisotopic (exact) mass is 244 g/mol. The molecule has 4 heteroatoms. The lowest BCUT2D eigenvalue weighted by Crippen LogP contribution is -2.49. The summed E-state index contributed by atoms with van der Waals surface area (Å²) in [6, 6.07) is 0.279. The molecule has 1 fully saturated rings. The zero-order chi connectivity index (χ0) is 12.0. The van der Waals surface area contributed by atoms with Crippen molar-refractivity contribution < 1.29 is 4.79 Å². The second-order valence-corrected chi connectivity index (χ2v) is 5.62. The summed E-state index contributed by atoms with van der Waals surface area (Å²) in [6.45, 7) is 6.15. The molecule has 1 unspecified atom stereocenters. The van der Waals surface area contributed by atoms with E-state index in [1.807, 2.05) is 0 Å². The van der Waals surface area contributed by atoms with Crippen LogP contribution in [0.1, 0.15) is 33.1 Å². The Morgan fingerprint density at radius 2 is 2.12 bits per heavy atom. The van der Waals surface area contributed by atoms with Gasteiger partial charge >= 0.3 is 0 Å². The van der Waals surface area contributed by atoms with Gasteiger partial charge in [0.2, 0.25) is 5.91 Å². The van der Waals surface area contributed by atoms with Crippen molar-refractivity contribution in [1.82, 2.24) is 10.6 Å². The van der Waals surface area contributed by atoms with Crippen LogP contribution in [0.25, 0.3) is 0 Å². The lowest BCUT2D eigenvalue weighted by Gasteiger charge is -2.36. The molecule has 0 saturated carbocycles. The summed E-state index contributed by atoms with van der Waals surface area (Å²) in [7, 11) is 0. The molecule has 0 aromatic carbocycles. The number of piperidine rings is 1. The fourth-order valence-corrected chi connectivity index (χ4v) is 2.90. The average molecular weight is 244 g/mol. The van der Waals surface area contributed by atoms with E-state index in [-0.39, 0.29) is 17.4 Å². The van der Waals surface area contributed by atoms with Crippen LogP contribution in [0.2, 0.25) is 0 Å². The molecule has 94 valence electrons. The van der Waals surface area contributed by atoms with Crippen LogP contribution in [-0.4, -0.2) is 37.0 Å². The van der Waals surface area contributed by atoms with E-state index >= 15 is 0 Å². The first-order valence-electron chi connectivity index (χ1n) is 6.15. The van der Waals surface area contributed by atoms with E-state index in [4.69, 9.17) is 0 Å². The van der Waals surface area contributed by atoms with Crippen LogP contribution < -0.4 is 10.6 Å². The SMILES string of the molecule is CCC1(C(=O)NC(C)CSC)CCNCC1. The molecule has 1 aliphatic heterocycles. The number of hydrogen-bond donors (Lipinski definition) is 2. The van der Waals surface area contributed by atoms with Crippen LogP contribution in [0, 0.1) is 5.41 Å². The molecule has 1 atom stereocenters. The number of amides is 1. The molecular weight excluding hydrogens is 220 g/mol. The number of carbonyl (C=O) groups is 1. The van der Waals surface area contributed by atoms with E-state index in [2.05, 4.69) is 30.7 Å². The minimum absolute atomic E-state index is 0.113. The summed E-state index contributed by atoms with van der Waals surface area (Å²) in [4.78, 5) is 12.3. The van der Waals surface area contributed by atoms with Gasteiger partial charge in [0.15, 0.2) is 0 Å². The van der Waals surface area contributed by atoms with Gasteiger partial charge in [-0.1, -0.05) is 6.92 Å². The standard InChI is InChI=1S/C12H24N2OS/c1-4-12(5-7-13-8-6-12)11(15)14-10(2)9-16-3/h10,13H,4-9H2,1-3H3,(H,14,15). The average Bonchev–Trinajstić information content (AvgIpc) is 2.30. The van der Waals surface area contributed by atoms with Gasteiger partial charge in [-0.05, 0) is 45.5 Å². The lowest BCUT2D eigenvalue weighted by molar-refractivity contribution is -0.133. The van der Waals surface area contributed by atoms with Crippen molar-refractivity contribution in [2.24, 2.45) is 5.41 Å². The van der Waals surface area contributed by atoms with E-state index in [0.717, 1.165) is 38.1 Å². The van der Waals surface area contributed by atoms with Crippen LogP contribution in [-0.2, 0) is 4.79 Å². The minimum atomic E-state index is -0.113. The van der Waals surface area contributed by atoms with Crippen molar-refractivity contribution in [3.05, 3.63) is 0 Å². The second-order valence-electron chi connectivity index (χ2n) is 4.71. The van der Waals surface area contributed by atoms with E-state index < -0.39 is 0 Å². The number of nitrogens with one attached hydrogen (secondary N) is 2. The maximum atomic E-state index is 12.3. The van der Waals surface area contributed by atoms with Gasteiger partial charge in [-0.2, -0.15) is 11.8 Å². The van der Waals surface area contributed by atoms with E-state index in [1.54, 1.807) is 11.8 Å². The molecular formula is C12H24N2OS. The zero-order valence-electron chi connectivity index (χ0n) is 10.6. The lowest BCUT2D eigenvalue weighted by atomic mass is 9.75. The second kappa shape index (κ2) is 6.50. The molecule has 0 spiro atoms. The molecule has 1 aliphatic rings. The van der Waals surface area contributed by atoms with Crippen LogP contribution in [0.5, 0.6) is 0 Å². The highest BCUT2D eigenvalue weighted by Crippen LogP contribution is 2.32. The van der Waals surface area contributed by atoms with Gasteiger partial charge in [0, 0.05) is 11.8 Å². The summed E-state index contributed by atoms with van der Waals surface area (Å²) in [6.07, 6.45) is 4.97. The highest BCUT2D eigenvalue weighted by Gasteiger charge is 2.37. The van der Waals surface area contributed by atoms with E-state index in [0.29, 0.717) is 0 Å². The third-order valence-corrected chi connectivity index (χ3v) is 4.35. The predicted molar refractivity (Wildman–Crippen MR) is 70.8 cm³/mol. The molecule has 16 heavy (non-hydrogen) atoms. The van der Waals surface area contributed by atoms with Crippen molar-refractivity contribution >= 4 is 17.7 Å². The van der Waals surface area contributed by atoms with E-state index in [9.17, 15) is 4.79 Å². The Morgan fingerprint density at radius 1 is 1.50 bits per heavy atom. The third kappa shape index (κ3) is 3.39. The first kappa shape index (κ1) is 13.8. The molecule has 3 nitrogen and oxygen atoms in total. The minimum Gasteiger partial charge on any atom is -0.352 e. The summed E-state index contributed by atoms with van der Waals surface area (Å²) in [5, 5.41) is 6.48. The van der Waals surface area contributed by atoms with Crippen molar-refractivity contribution in [2.45, 2.75) is 39.2 Å². The van der Waals surface area contributed by atoms with Crippen molar-refractivity contribution in [1.29, 1.82) is 0 Å². The Balaban J connectivity index is 2.54. The van der Waals surface area contributed by atoms with Gasteiger partial charge in [0.25, 0.3) is 0 Å². The molecule has 2 N–H and O–H groups in total. The molecule has 0 bridgehead atoms. The molecule has 0 radical (unpaired) electrons. The summed E-state index contributed by atoms with van der Waals surface area (Å²) in [5.74, 6) is 1.25. The normalized spacial score (nSPS) is 21.4. The number of thioether (sulfide) groups is 1. The van der Waals surface area contributed by atoms with Gasteiger partial charge in [0.1, 0.15) is 0 Å². The van der Waals surface area contributed by atoms with Gasteiger partial charge in [-0.3, -0.25) is 4.79 Å². The highest BCUT2D eigenvalue weighted by molar-refractivity contribution is 7.98. The fourth-order valence-electron chi connectivity index (χ4n) is 2.32. The smallest absolute Gasteiger partial charge is 0.226 e. The van der Waals surface area contributed by atoms with Crippen LogP contribution in [0.4, 0.5) is 0 Å². The maximum Gasteiger partial charge on any atom is 0.226 e. The largest absolute Gasteiger partial charge is 0.352 e. The Hall–Kier alpha value is -0.220.